The number of hydrogen-bond acceptors (Lipinski definition) is 5. The van der Waals surface area contributed by atoms with Gasteiger partial charge in [-0.25, -0.2) is 9.18 Å². The molecular weight excluding hydrogens is 325 g/mol. The third kappa shape index (κ3) is 3.00. The van der Waals surface area contributed by atoms with Crippen LogP contribution in [-0.2, 0) is 19.1 Å². The fourth-order valence-electron chi connectivity index (χ4n) is 3.17. The second-order valence-corrected chi connectivity index (χ2v) is 5.87. The van der Waals surface area contributed by atoms with Gasteiger partial charge in [0.1, 0.15) is 17.6 Å². The topological polar surface area (TPSA) is 55.8 Å². The van der Waals surface area contributed by atoms with Crippen LogP contribution in [0.15, 0.2) is 53.4 Å². The van der Waals surface area contributed by atoms with Crippen molar-refractivity contribution in [1.29, 1.82) is 0 Å². The number of likely N-dealkylation sites (N-methyl/N-ethyl adjacent to an activating group) is 1. The Balaban J connectivity index is 2.27. The lowest BCUT2D eigenvalue weighted by atomic mass is 9.81. The summed E-state index contributed by atoms with van der Waals surface area (Å²) in [6, 6.07) is 5.99. The van der Waals surface area contributed by atoms with Gasteiger partial charge in [-0.2, -0.15) is 0 Å². The van der Waals surface area contributed by atoms with Crippen molar-refractivity contribution >= 4 is 17.3 Å². The van der Waals surface area contributed by atoms with Gasteiger partial charge in [0, 0.05) is 32.4 Å². The number of methoxy groups -OCH3 is 2. The molecule has 0 saturated carbocycles. The summed E-state index contributed by atoms with van der Waals surface area (Å²) in [5, 5.41) is 0. The Morgan fingerprint density at radius 1 is 1.32 bits per heavy atom. The van der Waals surface area contributed by atoms with Gasteiger partial charge < -0.3 is 14.4 Å². The zero-order valence-corrected chi connectivity index (χ0v) is 14.2. The summed E-state index contributed by atoms with van der Waals surface area (Å²) in [6.07, 6.45) is 2.89. The van der Waals surface area contributed by atoms with Crippen LogP contribution in [0.25, 0.3) is 5.57 Å². The van der Waals surface area contributed by atoms with Gasteiger partial charge in [0.25, 0.3) is 0 Å². The maximum Gasteiger partial charge on any atom is 0.355 e. The van der Waals surface area contributed by atoms with E-state index in [-0.39, 0.29) is 17.9 Å². The van der Waals surface area contributed by atoms with Crippen molar-refractivity contribution in [3.8, 4) is 0 Å². The molecule has 3 rings (SSSR count). The van der Waals surface area contributed by atoms with Crippen molar-refractivity contribution in [3.63, 3.8) is 0 Å². The fraction of sp³-hybridized carbons (Fsp3) is 0.263. The average Bonchev–Trinajstić information content (AvgIpc) is 2.59. The lowest BCUT2D eigenvalue weighted by Gasteiger charge is -2.33. The normalized spacial score (nSPS) is 20.1. The first-order valence-electron chi connectivity index (χ1n) is 7.76. The van der Waals surface area contributed by atoms with E-state index in [1.807, 2.05) is 0 Å². The van der Waals surface area contributed by atoms with E-state index in [1.54, 1.807) is 36.4 Å². The predicted octanol–water partition coefficient (Wildman–Crippen LogP) is 2.45. The van der Waals surface area contributed by atoms with Gasteiger partial charge in [0.15, 0.2) is 5.78 Å². The van der Waals surface area contributed by atoms with Crippen LogP contribution >= 0.6 is 0 Å². The number of nitrogens with zero attached hydrogens (tertiary/aromatic N) is 1. The molecule has 0 N–H and O–H groups in total. The van der Waals surface area contributed by atoms with Gasteiger partial charge in [-0.1, -0.05) is 12.1 Å². The molecule has 0 spiro atoms. The molecule has 5 nitrogen and oxygen atoms in total. The molecule has 1 aromatic carbocycles. The molecule has 1 aliphatic carbocycles. The Labute approximate surface area is 145 Å². The maximum absolute atomic E-state index is 13.8. The largest absolute Gasteiger partial charge is 0.464 e. The molecule has 0 amide bonds. The quantitative estimate of drug-likeness (QED) is 0.789. The van der Waals surface area contributed by atoms with E-state index in [2.05, 4.69) is 0 Å². The number of ether oxygens (including phenoxy) is 2. The number of carbonyl (C=O) groups is 2. The van der Waals surface area contributed by atoms with Crippen LogP contribution < -0.4 is 0 Å². The molecule has 1 unspecified atom stereocenters. The number of ketones is 1. The number of Topliss-reactive ketones (excluding diaryl/α,β-unsaturated/α-hetero) is 1. The van der Waals surface area contributed by atoms with E-state index in [0.29, 0.717) is 16.7 Å². The van der Waals surface area contributed by atoms with Crippen LogP contribution in [0.2, 0.25) is 0 Å². The van der Waals surface area contributed by atoms with Crippen LogP contribution in [-0.4, -0.2) is 44.0 Å². The molecule has 0 saturated heterocycles. The van der Waals surface area contributed by atoms with Crippen molar-refractivity contribution in [2.45, 2.75) is 12.5 Å². The summed E-state index contributed by atoms with van der Waals surface area (Å²) in [5.41, 5.74) is 2.80. The smallest absolute Gasteiger partial charge is 0.355 e. The van der Waals surface area contributed by atoms with Crippen LogP contribution in [0.1, 0.15) is 12.0 Å². The van der Waals surface area contributed by atoms with Gasteiger partial charge in [-0.15, -0.1) is 0 Å². The standard InChI is InChI=1S/C19H18FNO4/c1-21-10-12-8-15(22)16(24-2)9-14(12)17(18(21)19(23)25-3)11-5-4-6-13(20)7-11/h4-7,9-10,16H,8H2,1-3H3. The summed E-state index contributed by atoms with van der Waals surface area (Å²) < 4.78 is 23.9. The Bertz CT molecular complexity index is 838. The molecule has 0 radical (unpaired) electrons. The maximum atomic E-state index is 13.8. The van der Waals surface area contributed by atoms with Gasteiger partial charge in [-0.3, -0.25) is 4.79 Å². The van der Waals surface area contributed by atoms with Gasteiger partial charge in [0.2, 0.25) is 0 Å². The van der Waals surface area contributed by atoms with Crippen LogP contribution in [0.4, 0.5) is 4.39 Å². The molecule has 1 aromatic rings. The number of esters is 1. The molecule has 1 aliphatic heterocycles. The highest BCUT2D eigenvalue weighted by atomic mass is 19.1. The number of halogens is 1. The number of hydrogen-bond donors (Lipinski definition) is 0. The molecule has 1 heterocycles. The fourth-order valence-corrected chi connectivity index (χ4v) is 3.17. The van der Waals surface area contributed by atoms with Crippen molar-refractivity contribution in [2.24, 2.45) is 0 Å². The molecule has 25 heavy (non-hydrogen) atoms. The van der Waals surface area contributed by atoms with Gasteiger partial charge >= 0.3 is 5.97 Å². The first-order chi connectivity index (χ1) is 12.0. The van der Waals surface area contributed by atoms with Crippen LogP contribution in [0.3, 0.4) is 0 Å². The predicted molar refractivity (Wildman–Crippen MR) is 89.7 cm³/mol. The minimum Gasteiger partial charge on any atom is -0.464 e. The Morgan fingerprint density at radius 3 is 2.72 bits per heavy atom. The molecule has 2 aliphatic rings. The molecule has 0 bridgehead atoms. The van der Waals surface area contributed by atoms with Crippen LogP contribution in [0, 0.1) is 5.82 Å². The van der Waals surface area contributed by atoms with E-state index >= 15 is 0 Å². The molecule has 0 fully saturated rings. The van der Waals surface area contributed by atoms with Crippen molar-refractivity contribution in [3.05, 3.63) is 64.8 Å². The second-order valence-electron chi connectivity index (χ2n) is 5.87. The highest BCUT2D eigenvalue weighted by Gasteiger charge is 2.34. The number of carbonyl (C=O) groups excluding carboxylic acids is 2. The number of fused-ring (bicyclic) bond motifs is 1. The first-order valence-corrected chi connectivity index (χ1v) is 7.76. The molecule has 6 heteroatoms. The van der Waals surface area contributed by atoms with Crippen molar-refractivity contribution in [2.75, 3.05) is 21.3 Å². The molecule has 1 atom stereocenters. The number of allylic oxidation sites excluding steroid dienone is 3. The molecule has 0 aromatic heterocycles. The monoisotopic (exact) mass is 343 g/mol. The minimum atomic E-state index is -0.696. The highest BCUT2D eigenvalue weighted by Crippen LogP contribution is 2.41. The summed E-state index contributed by atoms with van der Waals surface area (Å²) >= 11 is 0. The summed E-state index contributed by atoms with van der Waals surface area (Å²) in [4.78, 5) is 26.1. The highest BCUT2D eigenvalue weighted by molar-refractivity contribution is 6.06. The van der Waals surface area contributed by atoms with Crippen molar-refractivity contribution in [1.82, 2.24) is 4.90 Å². The Kier molecular flexibility index (Phi) is 4.55. The third-order valence-corrected chi connectivity index (χ3v) is 4.30. The van der Waals surface area contributed by atoms with E-state index < -0.39 is 17.9 Å². The average molecular weight is 343 g/mol. The summed E-state index contributed by atoms with van der Waals surface area (Å²) in [6.45, 7) is 0. The molecule has 130 valence electrons. The zero-order chi connectivity index (χ0) is 18.1. The number of rotatable bonds is 3. The zero-order valence-electron chi connectivity index (χ0n) is 14.2. The third-order valence-electron chi connectivity index (χ3n) is 4.30. The van der Waals surface area contributed by atoms with E-state index in [0.717, 1.165) is 5.57 Å². The summed E-state index contributed by atoms with van der Waals surface area (Å²) in [5.74, 6) is -1.02. The van der Waals surface area contributed by atoms with Gasteiger partial charge in [-0.05, 0) is 34.9 Å². The summed E-state index contributed by atoms with van der Waals surface area (Å²) in [7, 11) is 4.45. The van der Waals surface area contributed by atoms with Gasteiger partial charge in [0.05, 0.1) is 7.11 Å². The van der Waals surface area contributed by atoms with Crippen LogP contribution in [0.5, 0.6) is 0 Å². The van der Waals surface area contributed by atoms with E-state index in [9.17, 15) is 14.0 Å². The first kappa shape index (κ1) is 17.1. The van der Waals surface area contributed by atoms with E-state index in [1.165, 1.54) is 26.4 Å². The molecular formula is C19H18FNO4. The van der Waals surface area contributed by atoms with E-state index in [4.69, 9.17) is 9.47 Å². The lowest BCUT2D eigenvalue weighted by molar-refractivity contribution is -0.137. The lowest BCUT2D eigenvalue weighted by Crippen LogP contribution is -2.32. The Hall–Kier alpha value is -2.73. The SMILES string of the molecule is COC(=O)C1=C(c2cccc(F)c2)C2=CC(OC)C(=O)CC2=CN1C. The second kappa shape index (κ2) is 6.64. The van der Waals surface area contributed by atoms with Crippen molar-refractivity contribution < 1.29 is 23.5 Å². The number of benzene rings is 1. The minimum absolute atomic E-state index is 0.0639. The Morgan fingerprint density at radius 2 is 2.08 bits per heavy atom.